The molecular weight excluding hydrogens is 212 g/mol. The summed E-state index contributed by atoms with van der Waals surface area (Å²) in [6.45, 7) is 6.21. The van der Waals surface area contributed by atoms with Gasteiger partial charge in [0, 0.05) is 6.54 Å². The minimum Gasteiger partial charge on any atom is -0.444 e. The van der Waals surface area contributed by atoms with Crippen molar-refractivity contribution in [2.75, 3.05) is 6.54 Å². The van der Waals surface area contributed by atoms with E-state index in [9.17, 15) is 4.79 Å². The van der Waals surface area contributed by atoms with E-state index < -0.39 is 5.60 Å². The number of hydrogen-bond donors (Lipinski definition) is 1. The Bertz CT molecular complexity index is 273. The number of nitrogens with zero attached hydrogens (tertiary/aromatic N) is 1. The summed E-state index contributed by atoms with van der Waals surface area (Å²) in [7, 11) is 0. The van der Waals surface area contributed by atoms with Crippen LogP contribution in [-0.4, -0.2) is 34.2 Å². The summed E-state index contributed by atoms with van der Waals surface area (Å²) in [4.78, 5) is 13.8. The predicted octanol–water partition coefficient (Wildman–Crippen LogP) is 1.67. The van der Waals surface area contributed by atoms with E-state index in [1.807, 2.05) is 20.8 Å². The van der Waals surface area contributed by atoms with Crippen LogP contribution in [0.2, 0.25) is 0 Å². The first kappa shape index (κ1) is 12.2. The Labute approximate surface area is 95.8 Å². The minimum atomic E-state index is -0.472. The van der Waals surface area contributed by atoms with Gasteiger partial charge in [-0.3, -0.25) is 4.90 Å². The van der Waals surface area contributed by atoms with E-state index in [1.165, 1.54) is 0 Å². The third-order valence-electron chi connectivity index (χ3n) is 2.21. The molecule has 15 heavy (non-hydrogen) atoms. The lowest BCUT2D eigenvalue weighted by Gasteiger charge is -2.27. The van der Waals surface area contributed by atoms with Crippen molar-refractivity contribution in [1.82, 2.24) is 4.90 Å². The third-order valence-corrected chi connectivity index (χ3v) is 2.48. The maximum absolute atomic E-state index is 11.8. The highest BCUT2D eigenvalue weighted by Crippen LogP contribution is 2.20. The molecule has 0 aromatic heterocycles. The van der Waals surface area contributed by atoms with Crippen molar-refractivity contribution < 1.29 is 9.53 Å². The summed E-state index contributed by atoms with van der Waals surface area (Å²) in [5, 5.41) is 0. The van der Waals surface area contributed by atoms with Gasteiger partial charge in [0.05, 0.1) is 11.0 Å². The van der Waals surface area contributed by atoms with Gasteiger partial charge in [-0.25, -0.2) is 4.79 Å². The van der Waals surface area contributed by atoms with Gasteiger partial charge in [0.15, 0.2) is 0 Å². The molecule has 0 aromatic carbocycles. The summed E-state index contributed by atoms with van der Waals surface area (Å²) >= 11 is 4.92. The largest absolute Gasteiger partial charge is 0.444 e. The van der Waals surface area contributed by atoms with E-state index in [0.717, 1.165) is 12.8 Å². The van der Waals surface area contributed by atoms with Gasteiger partial charge in [-0.05, 0) is 33.6 Å². The molecule has 0 unspecified atom stereocenters. The molecule has 1 amide bonds. The Morgan fingerprint density at radius 3 is 2.60 bits per heavy atom. The highest BCUT2D eigenvalue weighted by atomic mass is 32.1. The first-order chi connectivity index (χ1) is 6.81. The molecule has 0 spiro atoms. The van der Waals surface area contributed by atoms with E-state index in [1.54, 1.807) is 4.90 Å². The fraction of sp³-hybridized carbons (Fsp3) is 0.800. The number of rotatable bonds is 1. The van der Waals surface area contributed by atoms with Crippen LogP contribution in [0.25, 0.3) is 0 Å². The Balaban J connectivity index is 2.63. The average Bonchev–Trinajstić information content (AvgIpc) is 2.47. The van der Waals surface area contributed by atoms with Crippen LogP contribution in [0.1, 0.15) is 33.6 Å². The predicted molar refractivity (Wildman–Crippen MR) is 62.7 cm³/mol. The molecule has 0 bridgehead atoms. The van der Waals surface area contributed by atoms with Gasteiger partial charge in [-0.2, -0.15) is 0 Å². The molecule has 5 heteroatoms. The lowest BCUT2D eigenvalue weighted by atomic mass is 10.2. The summed E-state index contributed by atoms with van der Waals surface area (Å²) in [6.07, 6.45) is 1.45. The Kier molecular flexibility index (Phi) is 3.54. The molecule has 0 aliphatic carbocycles. The quantitative estimate of drug-likeness (QED) is 0.696. The van der Waals surface area contributed by atoms with Crippen molar-refractivity contribution in [3.05, 3.63) is 0 Å². The van der Waals surface area contributed by atoms with Crippen LogP contribution in [0.4, 0.5) is 4.79 Å². The molecule has 1 aliphatic rings. The summed E-state index contributed by atoms with van der Waals surface area (Å²) in [5.74, 6) is 0. The topological polar surface area (TPSA) is 55.6 Å². The number of carbonyl (C=O) groups excluding carboxylic acids is 1. The van der Waals surface area contributed by atoms with Crippen LogP contribution in [0.15, 0.2) is 0 Å². The highest BCUT2D eigenvalue weighted by molar-refractivity contribution is 7.80. The molecule has 4 nitrogen and oxygen atoms in total. The van der Waals surface area contributed by atoms with Crippen molar-refractivity contribution in [2.24, 2.45) is 5.73 Å². The first-order valence-corrected chi connectivity index (χ1v) is 5.51. The highest BCUT2D eigenvalue weighted by Gasteiger charge is 2.33. The van der Waals surface area contributed by atoms with Crippen LogP contribution in [0, 0.1) is 0 Å². The average molecular weight is 230 g/mol. The maximum Gasteiger partial charge on any atom is 0.410 e. The number of hydrogen-bond acceptors (Lipinski definition) is 3. The molecule has 0 radical (unpaired) electrons. The Morgan fingerprint density at radius 2 is 2.13 bits per heavy atom. The third kappa shape index (κ3) is 3.34. The smallest absolute Gasteiger partial charge is 0.410 e. The van der Waals surface area contributed by atoms with Crippen LogP contribution in [-0.2, 0) is 4.74 Å². The second-order valence-electron chi connectivity index (χ2n) is 4.73. The first-order valence-electron chi connectivity index (χ1n) is 5.10. The number of nitrogens with two attached hydrogens (primary N) is 1. The van der Waals surface area contributed by atoms with Crippen molar-refractivity contribution >= 4 is 23.3 Å². The van der Waals surface area contributed by atoms with Crippen LogP contribution < -0.4 is 5.73 Å². The lowest BCUT2D eigenvalue weighted by molar-refractivity contribution is 0.0266. The molecule has 1 atom stereocenters. The zero-order valence-corrected chi connectivity index (χ0v) is 10.3. The fourth-order valence-electron chi connectivity index (χ4n) is 1.60. The number of thiocarbonyl (C=S) groups is 1. The number of carbonyl (C=O) groups is 1. The number of ether oxygens (including phenoxy) is 1. The number of likely N-dealkylation sites (tertiary alicyclic amines) is 1. The van der Waals surface area contributed by atoms with E-state index in [-0.39, 0.29) is 12.1 Å². The molecule has 1 fully saturated rings. The van der Waals surface area contributed by atoms with Crippen LogP contribution >= 0.6 is 12.2 Å². The normalized spacial score (nSPS) is 21.5. The van der Waals surface area contributed by atoms with E-state index >= 15 is 0 Å². The van der Waals surface area contributed by atoms with E-state index in [2.05, 4.69) is 0 Å². The molecule has 0 aromatic rings. The molecule has 1 aliphatic heterocycles. The van der Waals surface area contributed by atoms with Gasteiger partial charge in [0.2, 0.25) is 0 Å². The Morgan fingerprint density at radius 1 is 1.53 bits per heavy atom. The molecule has 86 valence electrons. The molecule has 2 N–H and O–H groups in total. The van der Waals surface area contributed by atoms with Crippen LogP contribution in [0.5, 0.6) is 0 Å². The van der Waals surface area contributed by atoms with Gasteiger partial charge >= 0.3 is 6.09 Å². The summed E-state index contributed by atoms with van der Waals surface area (Å²) in [5.41, 5.74) is 5.10. The van der Waals surface area contributed by atoms with Gasteiger partial charge < -0.3 is 10.5 Å². The fourth-order valence-corrected chi connectivity index (χ4v) is 1.85. The van der Waals surface area contributed by atoms with Crippen molar-refractivity contribution in [3.8, 4) is 0 Å². The second-order valence-corrected chi connectivity index (χ2v) is 5.21. The van der Waals surface area contributed by atoms with Gasteiger partial charge in [0.25, 0.3) is 0 Å². The van der Waals surface area contributed by atoms with Crippen molar-refractivity contribution in [1.29, 1.82) is 0 Å². The standard InChI is InChI=1S/C10H18N2O2S/c1-10(2,3)14-9(13)12-6-4-5-7(12)8(11)15/h7H,4-6H2,1-3H3,(H2,11,15)/t7-/m1/s1. The zero-order valence-electron chi connectivity index (χ0n) is 9.45. The molecule has 1 heterocycles. The lowest BCUT2D eigenvalue weighted by Crippen LogP contribution is -2.45. The van der Waals surface area contributed by atoms with Crippen LogP contribution in [0.3, 0.4) is 0 Å². The number of amides is 1. The van der Waals surface area contributed by atoms with E-state index in [0.29, 0.717) is 11.5 Å². The van der Waals surface area contributed by atoms with E-state index in [4.69, 9.17) is 22.7 Å². The zero-order chi connectivity index (χ0) is 11.6. The minimum absolute atomic E-state index is 0.130. The summed E-state index contributed by atoms with van der Waals surface area (Å²) < 4.78 is 5.27. The molecule has 1 saturated heterocycles. The Hall–Kier alpha value is -0.840. The van der Waals surface area contributed by atoms with Gasteiger partial charge in [-0.1, -0.05) is 12.2 Å². The molecule has 0 saturated carbocycles. The van der Waals surface area contributed by atoms with Crippen molar-refractivity contribution in [3.63, 3.8) is 0 Å². The van der Waals surface area contributed by atoms with Gasteiger partial charge in [0.1, 0.15) is 5.60 Å². The summed E-state index contributed by atoms with van der Waals surface area (Å²) in [6, 6.07) is -0.130. The maximum atomic E-state index is 11.8. The second kappa shape index (κ2) is 4.35. The van der Waals surface area contributed by atoms with Crippen molar-refractivity contribution in [2.45, 2.75) is 45.3 Å². The van der Waals surface area contributed by atoms with Gasteiger partial charge in [-0.15, -0.1) is 0 Å². The molecular formula is C10H18N2O2S. The molecule has 1 rings (SSSR count). The SMILES string of the molecule is CC(C)(C)OC(=O)N1CCC[C@@H]1C(N)=S. The monoisotopic (exact) mass is 230 g/mol.